The second kappa shape index (κ2) is 9.39. The first-order valence-electron chi connectivity index (χ1n) is 4.22. The molecule has 0 saturated heterocycles. The molecule has 0 N–H and O–H groups in total. The van der Waals surface area contributed by atoms with Gasteiger partial charge in [0.2, 0.25) is 0 Å². The zero-order valence-corrected chi connectivity index (χ0v) is 10.3. The second-order valence-corrected chi connectivity index (χ2v) is 3.43. The summed E-state index contributed by atoms with van der Waals surface area (Å²) in [5.41, 5.74) is 0.987. The third kappa shape index (κ3) is 6.31. The lowest BCUT2D eigenvalue weighted by Gasteiger charge is -1.94. The number of halogens is 3. The average Bonchev–Trinajstić information content (AvgIpc) is 2.21. The summed E-state index contributed by atoms with van der Waals surface area (Å²) in [4.78, 5) is 0. The summed E-state index contributed by atoms with van der Waals surface area (Å²) in [6.45, 7) is 1.95. The molecule has 0 atom stereocenters. The quantitative estimate of drug-likeness (QED) is 0.519. The molecule has 0 aromatic heterocycles. The highest BCUT2D eigenvalue weighted by atomic mass is 35.5. The first kappa shape index (κ1) is 13.8. The summed E-state index contributed by atoms with van der Waals surface area (Å²) >= 11 is 16.5. The molecule has 0 aliphatic heterocycles. The highest BCUT2D eigenvalue weighted by Gasteiger charge is 1.93. The van der Waals surface area contributed by atoms with E-state index in [4.69, 9.17) is 34.8 Å². The van der Waals surface area contributed by atoms with Gasteiger partial charge in [0.05, 0.1) is 0 Å². The molecule has 0 nitrogen and oxygen atoms in total. The van der Waals surface area contributed by atoms with Gasteiger partial charge in [-0.25, -0.2) is 0 Å². The minimum Gasteiger partial charge on any atom is -0.122 e. The summed E-state index contributed by atoms with van der Waals surface area (Å²) < 4.78 is 0. The van der Waals surface area contributed by atoms with Crippen molar-refractivity contribution >= 4 is 34.8 Å². The van der Waals surface area contributed by atoms with E-state index in [1.807, 2.05) is 43.3 Å². The number of rotatable bonds is 2. The molecule has 0 fully saturated rings. The van der Waals surface area contributed by atoms with Gasteiger partial charge in [-0.05, 0) is 18.6 Å². The van der Waals surface area contributed by atoms with Gasteiger partial charge in [0.1, 0.15) is 0 Å². The van der Waals surface area contributed by atoms with Crippen LogP contribution in [-0.2, 0) is 5.88 Å². The van der Waals surface area contributed by atoms with Crippen LogP contribution in [0.25, 0.3) is 0 Å². The van der Waals surface area contributed by atoms with Crippen LogP contribution in [0.15, 0.2) is 36.4 Å². The van der Waals surface area contributed by atoms with E-state index in [0.717, 1.165) is 10.6 Å². The Morgan fingerprint density at radius 3 is 2.14 bits per heavy atom. The van der Waals surface area contributed by atoms with Gasteiger partial charge in [-0.2, -0.15) is 0 Å². The minimum absolute atomic E-state index is 0.486. The van der Waals surface area contributed by atoms with Crippen molar-refractivity contribution in [3.05, 3.63) is 47.0 Å². The van der Waals surface area contributed by atoms with Crippen LogP contribution >= 0.6 is 34.8 Å². The third-order valence-corrected chi connectivity index (χ3v) is 2.26. The Bertz CT molecular complexity index is 269. The van der Waals surface area contributed by atoms with Crippen molar-refractivity contribution in [2.75, 3.05) is 5.88 Å². The molecule has 0 amide bonds. The second-order valence-electron chi connectivity index (χ2n) is 2.45. The van der Waals surface area contributed by atoms with Crippen LogP contribution < -0.4 is 0 Å². The Kier molecular flexibility index (Phi) is 9.27. The zero-order valence-electron chi connectivity index (χ0n) is 8.01. The third-order valence-electron chi connectivity index (χ3n) is 1.43. The van der Waals surface area contributed by atoms with Crippen LogP contribution in [0, 0.1) is 0 Å². The van der Waals surface area contributed by atoms with Gasteiger partial charge in [-0.3, -0.25) is 0 Å². The predicted molar refractivity (Wildman–Crippen MR) is 66.5 cm³/mol. The van der Waals surface area contributed by atoms with E-state index in [-0.39, 0.29) is 0 Å². The molecule has 0 unspecified atom stereocenters. The van der Waals surface area contributed by atoms with Crippen molar-refractivity contribution < 1.29 is 0 Å². The number of hydrogen-bond donors (Lipinski definition) is 0. The fourth-order valence-corrected chi connectivity index (χ4v) is 1.38. The van der Waals surface area contributed by atoms with E-state index in [0.29, 0.717) is 11.8 Å². The maximum atomic E-state index is 5.74. The zero-order chi connectivity index (χ0) is 10.8. The van der Waals surface area contributed by atoms with Crippen molar-refractivity contribution in [2.24, 2.45) is 0 Å². The van der Waals surface area contributed by atoms with Crippen LogP contribution in [0.2, 0.25) is 5.02 Å². The first-order valence-corrected chi connectivity index (χ1v) is 5.67. The van der Waals surface area contributed by atoms with Crippen LogP contribution in [0.4, 0.5) is 0 Å². The SMILES string of the molecule is CC=CCCl.ClCc1ccccc1Cl. The van der Waals surface area contributed by atoms with Crippen molar-refractivity contribution in [3.8, 4) is 0 Å². The van der Waals surface area contributed by atoms with Crippen LogP contribution in [0.3, 0.4) is 0 Å². The lowest BCUT2D eigenvalue weighted by Crippen LogP contribution is -1.76. The summed E-state index contributed by atoms with van der Waals surface area (Å²) in [6, 6.07) is 7.55. The Hall–Kier alpha value is -0.170. The van der Waals surface area contributed by atoms with E-state index in [1.54, 1.807) is 0 Å². The molecular formula is C11H13Cl3. The van der Waals surface area contributed by atoms with E-state index in [2.05, 4.69) is 0 Å². The van der Waals surface area contributed by atoms with Crippen LogP contribution in [-0.4, -0.2) is 5.88 Å². The van der Waals surface area contributed by atoms with Gasteiger partial charge in [-0.1, -0.05) is 42.0 Å². The number of benzene rings is 1. The van der Waals surface area contributed by atoms with Gasteiger partial charge in [0, 0.05) is 16.8 Å². The normalized spacial score (nSPS) is 9.71. The average molecular weight is 252 g/mol. The number of hydrogen-bond acceptors (Lipinski definition) is 0. The Labute approximate surface area is 100 Å². The lowest BCUT2D eigenvalue weighted by molar-refractivity contribution is 1.40. The largest absolute Gasteiger partial charge is 0.122 e. The van der Waals surface area contributed by atoms with Crippen LogP contribution in [0.1, 0.15) is 12.5 Å². The first-order chi connectivity index (χ1) is 6.76. The summed E-state index contributed by atoms with van der Waals surface area (Å²) in [7, 11) is 0. The van der Waals surface area contributed by atoms with E-state index < -0.39 is 0 Å². The Morgan fingerprint density at radius 1 is 1.21 bits per heavy atom. The molecule has 1 rings (SSSR count). The molecule has 78 valence electrons. The van der Waals surface area contributed by atoms with Gasteiger partial charge >= 0.3 is 0 Å². The molecule has 0 bridgehead atoms. The standard InChI is InChI=1S/C7H6Cl2.C4H7Cl/c8-5-6-3-1-2-4-7(6)9;1-2-3-4-5/h1-4H,5H2;2-3H,4H2,1H3. The predicted octanol–water partition coefficient (Wildman–Crippen LogP) is 4.88. The monoisotopic (exact) mass is 250 g/mol. The Morgan fingerprint density at radius 2 is 1.86 bits per heavy atom. The summed E-state index contributed by atoms with van der Waals surface area (Å²) in [6.07, 6.45) is 3.81. The molecule has 14 heavy (non-hydrogen) atoms. The topological polar surface area (TPSA) is 0 Å². The smallest absolute Gasteiger partial charge is 0.0488 e. The molecular weight excluding hydrogens is 238 g/mol. The van der Waals surface area contributed by atoms with Gasteiger partial charge in [0.25, 0.3) is 0 Å². The minimum atomic E-state index is 0.486. The maximum absolute atomic E-state index is 5.74. The van der Waals surface area contributed by atoms with Gasteiger partial charge < -0.3 is 0 Å². The van der Waals surface area contributed by atoms with E-state index in [9.17, 15) is 0 Å². The fourth-order valence-electron chi connectivity index (χ4n) is 0.696. The molecule has 0 radical (unpaired) electrons. The number of allylic oxidation sites excluding steroid dienone is 2. The summed E-state index contributed by atoms with van der Waals surface area (Å²) in [5.74, 6) is 1.12. The van der Waals surface area contributed by atoms with Gasteiger partial charge in [-0.15, -0.1) is 23.2 Å². The molecule has 0 spiro atoms. The number of alkyl halides is 2. The van der Waals surface area contributed by atoms with Crippen molar-refractivity contribution in [1.82, 2.24) is 0 Å². The van der Waals surface area contributed by atoms with Crippen molar-refractivity contribution in [3.63, 3.8) is 0 Å². The molecule has 0 saturated carbocycles. The van der Waals surface area contributed by atoms with Crippen molar-refractivity contribution in [2.45, 2.75) is 12.8 Å². The van der Waals surface area contributed by atoms with E-state index >= 15 is 0 Å². The lowest BCUT2D eigenvalue weighted by atomic mass is 10.2. The highest BCUT2D eigenvalue weighted by molar-refractivity contribution is 6.32. The fraction of sp³-hybridized carbons (Fsp3) is 0.273. The molecule has 0 aliphatic carbocycles. The highest BCUT2D eigenvalue weighted by Crippen LogP contribution is 2.15. The van der Waals surface area contributed by atoms with Crippen molar-refractivity contribution in [1.29, 1.82) is 0 Å². The van der Waals surface area contributed by atoms with Gasteiger partial charge in [0.15, 0.2) is 0 Å². The molecule has 1 aromatic carbocycles. The van der Waals surface area contributed by atoms with Crippen LogP contribution in [0.5, 0.6) is 0 Å². The molecule has 3 heteroatoms. The summed E-state index contributed by atoms with van der Waals surface area (Å²) in [5, 5.41) is 0.743. The molecule has 1 aromatic rings. The maximum Gasteiger partial charge on any atom is 0.0488 e. The van der Waals surface area contributed by atoms with E-state index in [1.165, 1.54) is 0 Å². The Balaban J connectivity index is 0.000000292. The molecule has 0 heterocycles. The molecule has 0 aliphatic rings.